The van der Waals surface area contributed by atoms with Crippen LogP contribution in [0.3, 0.4) is 0 Å². The van der Waals surface area contributed by atoms with Crippen molar-refractivity contribution in [1.82, 2.24) is 0 Å². The second-order valence-electron chi connectivity index (χ2n) is 2.83. The van der Waals surface area contributed by atoms with Gasteiger partial charge >= 0.3 is 0 Å². The topological polar surface area (TPSA) is 0 Å². The van der Waals surface area contributed by atoms with Crippen LogP contribution in [0.15, 0.2) is 36.5 Å². The van der Waals surface area contributed by atoms with Crippen LogP contribution in [0, 0.1) is 0 Å². The van der Waals surface area contributed by atoms with E-state index in [4.69, 9.17) is 0 Å². The molecule has 0 heterocycles. The van der Waals surface area contributed by atoms with Crippen molar-refractivity contribution in [3.63, 3.8) is 0 Å². The van der Waals surface area contributed by atoms with Crippen LogP contribution in [-0.2, 0) is 0 Å². The molecule has 0 aromatic heterocycles. The zero-order chi connectivity index (χ0) is 8.91. The molecule has 0 saturated carbocycles. The molecule has 0 aliphatic heterocycles. The van der Waals surface area contributed by atoms with Crippen molar-refractivity contribution in [2.45, 2.75) is 26.4 Å². The highest BCUT2D eigenvalue weighted by Crippen LogP contribution is 2.21. The van der Waals surface area contributed by atoms with Crippen molar-refractivity contribution in [1.29, 1.82) is 0 Å². The molecule has 0 aromatic rings. The Hall–Kier alpha value is -0.850. The van der Waals surface area contributed by atoms with Crippen molar-refractivity contribution in [2.75, 3.05) is 0 Å². The highest BCUT2D eigenvalue weighted by atomic mass is 19.1. The summed E-state index contributed by atoms with van der Waals surface area (Å²) in [5.74, 6) is 0. The van der Waals surface area contributed by atoms with E-state index in [2.05, 4.69) is 6.58 Å². The summed E-state index contributed by atoms with van der Waals surface area (Å²) in [6.45, 7) is 8.44. The van der Waals surface area contributed by atoms with Gasteiger partial charge in [-0.2, -0.15) is 0 Å². The van der Waals surface area contributed by atoms with E-state index < -0.39 is 5.67 Å². The van der Waals surface area contributed by atoms with Gasteiger partial charge in [0.1, 0.15) is 5.67 Å². The maximum atomic E-state index is 13.3. The first-order chi connectivity index (χ1) is 5.02. The van der Waals surface area contributed by atoms with E-state index in [1.165, 1.54) is 13.8 Å². The Kier molecular flexibility index (Phi) is 3.80. The molecule has 62 valence electrons. The second-order valence-corrected chi connectivity index (χ2v) is 2.83. The van der Waals surface area contributed by atoms with Crippen molar-refractivity contribution >= 4 is 0 Å². The van der Waals surface area contributed by atoms with E-state index in [9.17, 15) is 4.39 Å². The van der Waals surface area contributed by atoms with E-state index in [1.54, 1.807) is 18.2 Å². The zero-order valence-electron chi connectivity index (χ0n) is 7.39. The first-order valence-electron chi connectivity index (χ1n) is 3.67. The average molecular weight is 154 g/mol. The van der Waals surface area contributed by atoms with Gasteiger partial charge in [0.15, 0.2) is 0 Å². The standard InChI is InChI=1S/C10H15F/c1-5-7-9(8-6-2)10(3,4)11/h5-8H,1H2,2-4H3/b8-6-,9-7+. The van der Waals surface area contributed by atoms with Crippen LogP contribution in [0.1, 0.15) is 20.8 Å². The quantitative estimate of drug-likeness (QED) is 0.546. The lowest BCUT2D eigenvalue weighted by Gasteiger charge is -2.14. The van der Waals surface area contributed by atoms with Gasteiger partial charge in [0.05, 0.1) is 0 Å². The largest absolute Gasteiger partial charge is 0.239 e. The van der Waals surface area contributed by atoms with Crippen LogP contribution < -0.4 is 0 Å². The number of alkyl halides is 1. The summed E-state index contributed by atoms with van der Waals surface area (Å²) in [4.78, 5) is 0. The molecule has 0 aliphatic rings. The summed E-state index contributed by atoms with van der Waals surface area (Å²) < 4.78 is 13.3. The normalized spacial score (nSPS) is 14.0. The third kappa shape index (κ3) is 3.76. The summed E-state index contributed by atoms with van der Waals surface area (Å²) in [5, 5.41) is 0. The van der Waals surface area contributed by atoms with Crippen LogP contribution >= 0.6 is 0 Å². The summed E-state index contributed by atoms with van der Waals surface area (Å²) in [7, 11) is 0. The molecule has 0 bridgehead atoms. The molecule has 0 rings (SSSR count). The minimum Gasteiger partial charge on any atom is -0.239 e. The maximum Gasteiger partial charge on any atom is 0.130 e. The molecule has 0 amide bonds. The molecule has 0 saturated heterocycles. The number of halogens is 1. The third-order valence-electron chi connectivity index (χ3n) is 1.33. The van der Waals surface area contributed by atoms with Crippen molar-refractivity contribution < 1.29 is 4.39 Å². The Morgan fingerprint density at radius 3 is 2.27 bits per heavy atom. The molecule has 0 unspecified atom stereocenters. The smallest absolute Gasteiger partial charge is 0.130 e. The second kappa shape index (κ2) is 4.12. The summed E-state index contributed by atoms with van der Waals surface area (Å²) in [5.41, 5.74) is -0.629. The summed E-state index contributed by atoms with van der Waals surface area (Å²) in [6.07, 6.45) is 6.84. The first-order valence-corrected chi connectivity index (χ1v) is 3.67. The van der Waals surface area contributed by atoms with Gasteiger partial charge in [-0.3, -0.25) is 0 Å². The fraction of sp³-hybridized carbons (Fsp3) is 0.400. The minimum absolute atomic E-state index is 0.648. The van der Waals surface area contributed by atoms with Crippen LogP contribution in [0.4, 0.5) is 4.39 Å². The SMILES string of the molecule is C=C/C=C(\C=C/C)C(C)(C)F. The van der Waals surface area contributed by atoms with Crippen LogP contribution in [0.25, 0.3) is 0 Å². The lowest BCUT2D eigenvalue weighted by molar-refractivity contribution is 0.274. The molecular weight excluding hydrogens is 139 g/mol. The van der Waals surface area contributed by atoms with E-state index in [1.807, 2.05) is 13.0 Å². The summed E-state index contributed by atoms with van der Waals surface area (Å²) >= 11 is 0. The number of hydrogen-bond acceptors (Lipinski definition) is 0. The Labute approximate surface area is 68.1 Å². The lowest BCUT2D eigenvalue weighted by Crippen LogP contribution is -2.13. The third-order valence-corrected chi connectivity index (χ3v) is 1.33. The monoisotopic (exact) mass is 154 g/mol. The maximum absolute atomic E-state index is 13.3. The fourth-order valence-electron chi connectivity index (χ4n) is 0.758. The molecule has 1 heteroatoms. The van der Waals surface area contributed by atoms with Gasteiger partial charge < -0.3 is 0 Å². The highest BCUT2D eigenvalue weighted by molar-refractivity contribution is 5.29. The molecule has 0 atom stereocenters. The van der Waals surface area contributed by atoms with E-state index >= 15 is 0 Å². The van der Waals surface area contributed by atoms with E-state index in [0.717, 1.165) is 0 Å². The number of hydrogen-bond donors (Lipinski definition) is 0. The van der Waals surface area contributed by atoms with E-state index in [0.29, 0.717) is 5.57 Å². The molecule has 0 aromatic carbocycles. The summed E-state index contributed by atoms with van der Waals surface area (Å²) in [6, 6.07) is 0. The van der Waals surface area contributed by atoms with Crippen molar-refractivity contribution in [3.8, 4) is 0 Å². The number of rotatable bonds is 3. The molecular formula is C10H15F. The molecule has 0 spiro atoms. The van der Waals surface area contributed by atoms with Crippen molar-refractivity contribution in [2.24, 2.45) is 0 Å². The van der Waals surface area contributed by atoms with Crippen molar-refractivity contribution in [3.05, 3.63) is 36.5 Å². The Morgan fingerprint density at radius 2 is 2.00 bits per heavy atom. The molecule has 0 aliphatic carbocycles. The van der Waals surface area contributed by atoms with Crippen LogP contribution in [0.5, 0.6) is 0 Å². The van der Waals surface area contributed by atoms with Gasteiger partial charge in [0.25, 0.3) is 0 Å². The molecule has 0 N–H and O–H groups in total. The minimum atomic E-state index is -1.28. The first kappa shape index (κ1) is 10.2. The van der Waals surface area contributed by atoms with Gasteiger partial charge in [0, 0.05) is 0 Å². The Bertz CT molecular complexity index is 180. The Morgan fingerprint density at radius 1 is 1.45 bits per heavy atom. The molecule has 11 heavy (non-hydrogen) atoms. The van der Waals surface area contributed by atoms with Crippen LogP contribution in [0.2, 0.25) is 0 Å². The van der Waals surface area contributed by atoms with E-state index in [-0.39, 0.29) is 0 Å². The molecule has 0 nitrogen and oxygen atoms in total. The van der Waals surface area contributed by atoms with Gasteiger partial charge in [-0.05, 0) is 26.3 Å². The molecule has 0 radical (unpaired) electrons. The predicted octanol–water partition coefficient (Wildman–Crippen LogP) is 3.42. The number of allylic oxidation sites excluding steroid dienone is 5. The van der Waals surface area contributed by atoms with Crippen LogP contribution in [-0.4, -0.2) is 5.67 Å². The average Bonchev–Trinajstić information content (AvgIpc) is 1.85. The predicted molar refractivity (Wildman–Crippen MR) is 48.3 cm³/mol. The zero-order valence-corrected chi connectivity index (χ0v) is 7.39. The Balaban J connectivity index is 4.61. The lowest BCUT2D eigenvalue weighted by atomic mass is 9.99. The fourth-order valence-corrected chi connectivity index (χ4v) is 0.758. The van der Waals surface area contributed by atoms with Gasteiger partial charge in [0.2, 0.25) is 0 Å². The van der Waals surface area contributed by atoms with Gasteiger partial charge in [-0.25, -0.2) is 4.39 Å². The van der Waals surface area contributed by atoms with Gasteiger partial charge in [-0.1, -0.05) is 30.9 Å². The van der Waals surface area contributed by atoms with Gasteiger partial charge in [-0.15, -0.1) is 0 Å². The highest BCUT2D eigenvalue weighted by Gasteiger charge is 2.18. The molecule has 0 fully saturated rings.